The van der Waals surface area contributed by atoms with E-state index in [2.05, 4.69) is 16.0 Å². The summed E-state index contributed by atoms with van der Waals surface area (Å²) in [5.74, 6) is -4.43. The standard InChI is InChI=1S/C33H54N6O8/c1-18(2)15-24(29(42)37-25(33(46)47)17-23-13-11-10-12-14-23)36-30(43)26(16-19(3)4)39(9)31(44)20(5)35-28(41)21(6)38(8)32(45)27(34)22(7)40/h10-14,18-22,24-27,40H,15-17,34H2,1-9H3,(H,35,41)(H,36,43)(H,37,42)(H,46,47)/t20-,21-,22+,24-,25-,26-,27-/m0/s1. The van der Waals surface area contributed by atoms with Crippen LogP contribution in [0.5, 0.6) is 0 Å². The first-order chi connectivity index (χ1) is 21.8. The van der Waals surface area contributed by atoms with Gasteiger partial charge in [-0.1, -0.05) is 58.0 Å². The molecule has 0 bridgehead atoms. The number of rotatable bonds is 18. The number of carboxylic acid groups (broad SMARTS) is 1. The fourth-order valence-corrected chi connectivity index (χ4v) is 4.84. The van der Waals surface area contributed by atoms with E-state index in [-0.39, 0.29) is 31.1 Å². The molecule has 1 aromatic carbocycles. The molecule has 14 nitrogen and oxygen atoms in total. The van der Waals surface area contributed by atoms with E-state index in [1.165, 1.54) is 39.8 Å². The normalized spacial score (nSPS) is 15.8. The highest BCUT2D eigenvalue weighted by Crippen LogP contribution is 2.15. The lowest BCUT2D eigenvalue weighted by Gasteiger charge is -2.33. The van der Waals surface area contributed by atoms with Gasteiger partial charge in [-0.25, -0.2) is 4.79 Å². The smallest absolute Gasteiger partial charge is 0.326 e. The Labute approximate surface area is 277 Å². The molecule has 7 N–H and O–H groups in total. The molecule has 0 fully saturated rings. The van der Waals surface area contributed by atoms with Gasteiger partial charge in [0, 0.05) is 20.5 Å². The molecule has 0 aliphatic carbocycles. The minimum absolute atomic E-state index is 0.0382. The van der Waals surface area contributed by atoms with Crippen LogP contribution in [0, 0.1) is 11.8 Å². The van der Waals surface area contributed by atoms with E-state index in [0.717, 1.165) is 10.5 Å². The number of aliphatic hydroxyl groups is 1. The number of hydrogen-bond acceptors (Lipinski definition) is 8. The Morgan fingerprint density at radius 2 is 1.26 bits per heavy atom. The van der Waals surface area contributed by atoms with Gasteiger partial charge in [0.1, 0.15) is 36.3 Å². The molecule has 1 rings (SSSR count). The summed E-state index contributed by atoms with van der Waals surface area (Å²) >= 11 is 0. The zero-order valence-corrected chi connectivity index (χ0v) is 29.0. The lowest BCUT2D eigenvalue weighted by Crippen LogP contribution is -2.59. The lowest BCUT2D eigenvalue weighted by molar-refractivity contribution is -0.145. The Morgan fingerprint density at radius 1 is 0.723 bits per heavy atom. The first-order valence-electron chi connectivity index (χ1n) is 15.9. The van der Waals surface area contributed by atoms with Gasteiger partial charge in [-0.15, -0.1) is 0 Å². The number of nitrogens with two attached hydrogens (primary N) is 1. The average molecular weight is 663 g/mol. The molecular formula is C33H54N6O8. The Balaban J connectivity index is 3.10. The van der Waals surface area contributed by atoms with E-state index in [0.29, 0.717) is 0 Å². The predicted molar refractivity (Wildman–Crippen MR) is 177 cm³/mol. The van der Waals surface area contributed by atoms with E-state index in [4.69, 9.17) is 5.73 Å². The highest BCUT2D eigenvalue weighted by Gasteiger charge is 2.35. The molecular weight excluding hydrogens is 608 g/mol. The summed E-state index contributed by atoms with van der Waals surface area (Å²) in [7, 11) is 2.79. The molecule has 5 amide bonds. The van der Waals surface area contributed by atoms with Crippen LogP contribution < -0.4 is 21.7 Å². The maximum Gasteiger partial charge on any atom is 0.326 e. The first kappa shape index (κ1) is 41.0. The molecule has 0 heterocycles. The molecule has 0 unspecified atom stereocenters. The summed E-state index contributed by atoms with van der Waals surface area (Å²) in [5, 5.41) is 27.3. The molecule has 7 atom stereocenters. The topological polar surface area (TPSA) is 211 Å². The van der Waals surface area contributed by atoms with Crippen molar-refractivity contribution in [2.24, 2.45) is 17.6 Å². The van der Waals surface area contributed by atoms with Crippen LogP contribution >= 0.6 is 0 Å². The molecule has 0 saturated carbocycles. The minimum atomic E-state index is -1.23. The Morgan fingerprint density at radius 3 is 1.74 bits per heavy atom. The van der Waals surface area contributed by atoms with E-state index >= 15 is 0 Å². The van der Waals surface area contributed by atoms with Gasteiger partial charge in [0.05, 0.1) is 6.10 Å². The van der Waals surface area contributed by atoms with Crippen LogP contribution in [-0.2, 0) is 35.2 Å². The van der Waals surface area contributed by atoms with E-state index in [9.17, 15) is 39.0 Å². The number of carbonyl (C=O) groups is 6. The fourth-order valence-electron chi connectivity index (χ4n) is 4.84. The zero-order chi connectivity index (χ0) is 36.2. The molecule has 14 heteroatoms. The quantitative estimate of drug-likeness (QED) is 0.127. The number of amides is 5. The molecule has 0 aromatic heterocycles. The molecule has 0 aliphatic rings. The van der Waals surface area contributed by atoms with Crippen molar-refractivity contribution in [1.29, 1.82) is 0 Å². The van der Waals surface area contributed by atoms with Crippen LogP contribution in [0.1, 0.15) is 66.9 Å². The summed E-state index contributed by atoms with van der Waals surface area (Å²) in [5.41, 5.74) is 6.44. The maximum atomic E-state index is 13.7. The summed E-state index contributed by atoms with van der Waals surface area (Å²) in [6.45, 7) is 11.7. The van der Waals surface area contributed by atoms with Crippen molar-refractivity contribution < 1.29 is 39.0 Å². The number of aliphatic hydroxyl groups excluding tert-OH is 1. The molecule has 0 saturated heterocycles. The number of aliphatic carboxylic acids is 1. The van der Waals surface area contributed by atoms with Crippen molar-refractivity contribution in [1.82, 2.24) is 25.8 Å². The minimum Gasteiger partial charge on any atom is -0.480 e. The van der Waals surface area contributed by atoms with Crippen molar-refractivity contribution >= 4 is 35.5 Å². The summed E-state index contributed by atoms with van der Waals surface area (Å²) < 4.78 is 0. The third-order valence-electron chi connectivity index (χ3n) is 7.89. The first-order valence-corrected chi connectivity index (χ1v) is 15.9. The van der Waals surface area contributed by atoms with Gasteiger partial charge < -0.3 is 41.7 Å². The number of hydrogen-bond donors (Lipinski definition) is 6. The van der Waals surface area contributed by atoms with Crippen molar-refractivity contribution in [3.05, 3.63) is 35.9 Å². The third kappa shape index (κ3) is 12.9. The van der Waals surface area contributed by atoms with E-state index in [1.807, 2.05) is 27.7 Å². The number of nitrogens with one attached hydrogen (secondary N) is 3. The summed E-state index contributed by atoms with van der Waals surface area (Å²) in [4.78, 5) is 80.3. The second kappa shape index (κ2) is 18.9. The number of carbonyl (C=O) groups excluding carboxylic acids is 5. The second-order valence-electron chi connectivity index (χ2n) is 13.0. The second-order valence-corrected chi connectivity index (χ2v) is 13.0. The van der Waals surface area contributed by atoms with Gasteiger partial charge in [0.2, 0.25) is 29.5 Å². The largest absolute Gasteiger partial charge is 0.480 e. The third-order valence-corrected chi connectivity index (χ3v) is 7.89. The van der Waals surface area contributed by atoms with Gasteiger partial charge in [0.25, 0.3) is 0 Å². The van der Waals surface area contributed by atoms with Gasteiger partial charge in [-0.3, -0.25) is 24.0 Å². The molecule has 47 heavy (non-hydrogen) atoms. The fraction of sp³-hybridized carbons (Fsp3) is 0.636. The molecule has 0 aliphatic heterocycles. The molecule has 1 aromatic rings. The van der Waals surface area contributed by atoms with E-state index < -0.39 is 77.9 Å². The Kier molecular flexibility index (Phi) is 16.5. The number of carboxylic acids is 1. The average Bonchev–Trinajstić information content (AvgIpc) is 3.00. The Bertz CT molecular complexity index is 1220. The molecule has 264 valence electrons. The van der Waals surface area contributed by atoms with Gasteiger partial charge >= 0.3 is 5.97 Å². The van der Waals surface area contributed by atoms with Crippen LogP contribution in [0.15, 0.2) is 30.3 Å². The molecule has 0 radical (unpaired) electrons. The number of nitrogens with zero attached hydrogens (tertiary/aromatic N) is 2. The van der Waals surface area contributed by atoms with Gasteiger partial charge in [-0.2, -0.15) is 0 Å². The monoisotopic (exact) mass is 662 g/mol. The summed E-state index contributed by atoms with van der Waals surface area (Å²) in [6, 6.07) is 2.21. The van der Waals surface area contributed by atoms with Crippen LogP contribution in [-0.4, -0.2) is 112 Å². The highest BCUT2D eigenvalue weighted by atomic mass is 16.4. The van der Waals surface area contributed by atoms with Gasteiger partial charge in [-0.05, 0) is 51.0 Å². The van der Waals surface area contributed by atoms with Crippen molar-refractivity contribution in [3.63, 3.8) is 0 Å². The summed E-state index contributed by atoms with van der Waals surface area (Å²) in [6.07, 6.45) is -0.618. The maximum absolute atomic E-state index is 13.7. The number of benzene rings is 1. The van der Waals surface area contributed by atoms with Crippen molar-refractivity contribution in [2.45, 2.75) is 110 Å². The van der Waals surface area contributed by atoms with Crippen LogP contribution in [0.2, 0.25) is 0 Å². The van der Waals surface area contributed by atoms with Crippen molar-refractivity contribution in [3.8, 4) is 0 Å². The number of likely N-dealkylation sites (N-methyl/N-ethyl adjacent to an activating group) is 2. The van der Waals surface area contributed by atoms with Crippen LogP contribution in [0.3, 0.4) is 0 Å². The highest BCUT2D eigenvalue weighted by molar-refractivity contribution is 5.96. The molecule has 0 spiro atoms. The Hall–Kier alpha value is -4.04. The van der Waals surface area contributed by atoms with E-state index in [1.54, 1.807) is 30.3 Å². The van der Waals surface area contributed by atoms with Crippen LogP contribution in [0.25, 0.3) is 0 Å². The SMILES string of the molecule is CC(C)C[C@H](NC(=O)[C@H](CC(C)C)N(C)C(=O)[C@H](C)NC(=O)[C@H](C)N(C)C(=O)[C@@H](N)[C@@H](C)O)C(=O)N[C@@H](Cc1ccccc1)C(=O)O. The van der Waals surface area contributed by atoms with Gasteiger partial charge in [0.15, 0.2) is 0 Å². The zero-order valence-electron chi connectivity index (χ0n) is 29.0. The van der Waals surface area contributed by atoms with Crippen molar-refractivity contribution in [2.75, 3.05) is 14.1 Å². The predicted octanol–water partition coefficient (Wildman–Crippen LogP) is 0.262. The lowest BCUT2D eigenvalue weighted by atomic mass is 9.98. The van der Waals surface area contributed by atoms with Crippen LogP contribution in [0.4, 0.5) is 0 Å².